The zero-order chi connectivity index (χ0) is 24.2. The summed E-state index contributed by atoms with van der Waals surface area (Å²) in [6.45, 7) is 3.46. The number of anilines is 1. The monoisotopic (exact) mass is 463 g/mol. The molecule has 35 heavy (non-hydrogen) atoms. The van der Waals surface area contributed by atoms with Crippen molar-refractivity contribution in [2.24, 2.45) is 0 Å². The van der Waals surface area contributed by atoms with Crippen LogP contribution in [0.5, 0.6) is 17.4 Å². The van der Waals surface area contributed by atoms with Gasteiger partial charge in [-0.1, -0.05) is 18.7 Å². The summed E-state index contributed by atoms with van der Waals surface area (Å²) in [6.07, 6.45) is 6.41. The number of H-pyrrole nitrogens is 1. The van der Waals surface area contributed by atoms with Gasteiger partial charge in [-0.05, 0) is 48.5 Å². The second-order valence-corrected chi connectivity index (χ2v) is 7.59. The van der Waals surface area contributed by atoms with Gasteiger partial charge in [-0.25, -0.2) is 9.97 Å². The van der Waals surface area contributed by atoms with Gasteiger partial charge >= 0.3 is 0 Å². The first kappa shape index (κ1) is 21.8. The minimum atomic E-state index is -0.299. The second kappa shape index (κ2) is 9.48. The lowest BCUT2D eigenvalue weighted by molar-refractivity contribution is -0.111. The van der Waals surface area contributed by atoms with Crippen molar-refractivity contribution in [2.45, 2.75) is 0 Å². The summed E-state index contributed by atoms with van der Waals surface area (Å²) in [5.41, 5.74) is 5.50. The van der Waals surface area contributed by atoms with Crippen molar-refractivity contribution in [3.05, 3.63) is 91.9 Å². The average molecular weight is 463 g/mol. The van der Waals surface area contributed by atoms with Crippen molar-refractivity contribution in [1.82, 2.24) is 19.9 Å². The predicted molar refractivity (Wildman–Crippen MR) is 134 cm³/mol. The molecule has 1 amide bonds. The van der Waals surface area contributed by atoms with E-state index in [1.54, 1.807) is 37.6 Å². The number of carbonyl (C=O) groups is 1. The highest BCUT2D eigenvalue weighted by Crippen LogP contribution is 2.30. The molecule has 8 nitrogen and oxygen atoms in total. The number of hydrogen-bond acceptors (Lipinski definition) is 6. The Labute approximate surface area is 201 Å². The Morgan fingerprint density at radius 1 is 1.00 bits per heavy atom. The van der Waals surface area contributed by atoms with Crippen LogP contribution in [0.2, 0.25) is 0 Å². The Kier molecular flexibility index (Phi) is 5.92. The summed E-state index contributed by atoms with van der Waals surface area (Å²) in [5, 5.41) is 2.70. The lowest BCUT2D eigenvalue weighted by atomic mass is 10.1. The van der Waals surface area contributed by atoms with Crippen LogP contribution in [0.15, 0.2) is 91.9 Å². The second-order valence-electron chi connectivity index (χ2n) is 7.59. The third-order valence-electron chi connectivity index (χ3n) is 5.33. The topological polar surface area (TPSA) is 102 Å². The maximum absolute atomic E-state index is 11.6. The minimum Gasteiger partial charge on any atom is -0.497 e. The van der Waals surface area contributed by atoms with E-state index in [4.69, 9.17) is 9.47 Å². The molecule has 0 unspecified atom stereocenters. The van der Waals surface area contributed by atoms with Gasteiger partial charge in [0.15, 0.2) is 5.65 Å². The lowest BCUT2D eigenvalue weighted by Gasteiger charge is -2.08. The van der Waals surface area contributed by atoms with Gasteiger partial charge in [-0.2, -0.15) is 0 Å². The van der Waals surface area contributed by atoms with Crippen molar-refractivity contribution >= 4 is 22.8 Å². The molecule has 0 radical (unpaired) electrons. The maximum Gasteiger partial charge on any atom is 0.247 e. The van der Waals surface area contributed by atoms with Crippen molar-refractivity contribution in [3.63, 3.8) is 0 Å². The standard InChI is InChI=1S/C27H21N5O3/c1-3-24(33)31-19-5-4-6-21(13-19)35-25-16-30-27-26(32-25)22(15-29-27)18-9-12-23(28-14-18)17-7-10-20(34-2)11-8-17/h3-16H,1H2,2H3,(H,29,30)(H,31,33). The number of nitrogens with zero attached hydrogens (tertiary/aromatic N) is 3. The fraction of sp³-hybridized carbons (Fsp3) is 0.0370. The van der Waals surface area contributed by atoms with Gasteiger partial charge < -0.3 is 19.8 Å². The van der Waals surface area contributed by atoms with Crippen LogP contribution in [0.25, 0.3) is 33.5 Å². The van der Waals surface area contributed by atoms with Crippen LogP contribution in [0.4, 0.5) is 5.69 Å². The molecule has 0 fully saturated rings. The van der Waals surface area contributed by atoms with Gasteiger partial charge in [-0.15, -0.1) is 0 Å². The SMILES string of the molecule is C=CC(=O)Nc1cccc(Oc2cnc3[nH]cc(-c4ccc(-c5ccc(OC)cc5)nc4)c3n2)c1. The fourth-order valence-corrected chi connectivity index (χ4v) is 3.58. The molecule has 0 aliphatic heterocycles. The van der Waals surface area contributed by atoms with Crippen LogP contribution < -0.4 is 14.8 Å². The normalized spacial score (nSPS) is 10.7. The van der Waals surface area contributed by atoms with E-state index in [1.807, 2.05) is 48.8 Å². The molecule has 0 saturated heterocycles. The van der Waals surface area contributed by atoms with Crippen molar-refractivity contribution < 1.29 is 14.3 Å². The van der Waals surface area contributed by atoms with Crippen molar-refractivity contribution in [3.8, 4) is 39.8 Å². The zero-order valence-electron chi connectivity index (χ0n) is 18.9. The summed E-state index contributed by atoms with van der Waals surface area (Å²) >= 11 is 0. The Balaban J connectivity index is 1.40. The molecule has 5 rings (SSSR count). The number of pyridine rings is 1. The number of methoxy groups -OCH3 is 1. The number of rotatable bonds is 7. The summed E-state index contributed by atoms with van der Waals surface area (Å²) in [6, 6.07) is 18.7. The molecule has 0 saturated carbocycles. The van der Waals surface area contributed by atoms with Gasteiger partial charge in [-0.3, -0.25) is 9.78 Å². The molecule has 5 aromatic rings. The molecule has 0 aliphatic carbocycles. The number of carbonyl (C=O) groups excluding carboxylic acids is 1. The van der Waals surface area contributed by atoms with Crippen LogP contribution in [0, 0.1) is 0 Å². The smallest absolute Gasteiger partial charge is 0.247 e. The third-order valence-corrected chi connectivity index (χ3v) is 5.33. The van der Waals surface area contributed by atoms with Crippen molar-refractivity contribution in [2.75, 3.05) is 12.4 Å². The van der Waals surface area contributed by atoms with Crippen LogP contribution in [0.1, 0.15) is 0 Å². The Bertz CT molecular complexity index is 1510. The minimum absolute atomic E-state index is 0.299. The molecule has 3 aromatic heterocycles. The molecule has 0 bridgehead atoms. The van der Waals surface area contributed by atoms with E-state index in [-0.39, 0.29) is 5.91 Å². The number of hydrogen-bond donors (Lipinski definition) is 2. The first-order chi connectivity index (χ1) is 17.1. The Morgan fingerprint density at radius 3 is 2.57 bits per heavy atom. The number of nitrogens with one attached hydrogen (secondary N) is 2. The van der Waals surface area contributed by atoms with Crippen LogP contribution in [0.3, 0.4) is 0 Å². The zero-order valence-corrected chi connectivity index (χ0v) is 18.9. The number of aromatic nitrogens is 4. The van der Waals surface area contributed by atoms with E-state index in [9.17, 15) is 4.79 Å². The molecule has 172 valence electrons. The predicted octanol–water partition coefficient (Wildman–Crippen LogP) is 5.61. The summed E-state index contributed by atoms with van der Waals surface area (Å²) in [5.74, 6) is 1.34. The number of ether oxygens (including phenoxy) is 2. The Hall–Kier alpha value is -4.98. The quantitative estimate of drug-likeness (QED) is 0.304. The van der Waals surface area contributed by atoms with Gasteiger partial charge in [0.25, 0.3) is 0 Å². The van der Waals surface area contributed by atoms with Crippen molar-refractivity contribution in [1.29, 1.82) is 0 Å². The maximum atomic E-state index is 11.6. The van der Waals surface area contributed by atoms with Gasteiger partial charge in [0.1, 0.15) is 17.0 Å². The molecule has 8 heteroatoms. The molecule has 2 N–H and O–H groups in total. The first-order valence-electron chi connectivity index (χ1n) is 10.8. The van der Waals surface area contributed by atoms with Gasteiger partial charge in [0, 0.05) is 40.8 Å². The number of fused-ring (bicyclic) bond motifs is 1. The van der Waals surface area contributed by atoms with E-state index in [1.165, 1.54) is 6.08 Å². The fourth-order valence-electron chi connectivity index (χ4n) is 3.58. The van der Waals surface area contributed by atoms with Gasteiger partial charge in [0.2, 0.25) is 11.8 Å². The molecule has 0 aliphatic rings. The van der Waals surface area contributed by atoms with E-state index >= 15 is 0 Å². The Morgan fingerprint density at radius 2 is 1.83 bits per heavy atom. The summed E-state index contributed by atoms with van der Waals surface area (Å²) < 4.78 is 11.1. The van der Waals surface area contributed by atoms with Crippen LogP contribution in [-0.2, 0) is 4.79 Å². The summed E-state index contributed by atoms with van der Waals surface area (Å²) in [4.78, 5) is 28.4. The lowest BCUT2D eigenvalue weighted by Crippen LogP contribution is -2.07. The highest BCUT2D eigenvalue weighted by Gasteiger charge is 2.12. The molecule has 2 aromatic carbocycles. The van der Waals surface area contributed by atoms with Gasteiger partial charge in [0.05, 0.1) is 19.0 Å². The highest BCUT2D eigenvalue weighted by molar-refractivity contribution is 5.99. The van der Waals surface area contributed by atoms with Crippen LogP contribution in [-0.4, -0.2) is 33.0 Å². The van der Waals surface area contributed by atoms with Crippen LogP contribution >= 0.6 is 0 Å². The largest absolute Gasteiger partial charge is 0.497 e. The third kappa shape index (κ3) is 4.72. The number of amides is 1. The molecule has 3 heterocycles. The van der Waals surface area contributed by atoms with E-state index < -0.39 is 0 Å². The number of aromatic amines is 1. The molecular formula is C27H21N5O3. The van der Waals surface area contributed by atoms with E-state index in [0.717, 1.165) is 28.1 Å². The first-order valence-corrected chi connectivity index (χ1v) is 10.8. The average Bonchev–Trinajstić information content (AvgIpc) is 3.32. The highest BCUT2D eigenvalue weighted by atomic mass is 16.5. The number of benzene rings is 2. The van der Waals surface area contributed by atoms with E-state index in [0.29, 0.717) is 28.5 Å². The molecular weight excluding hydrogens is 442 g/mol. The van der Waals surface area contributed by atoms with E-state index in [2.05, 4.69) is 31.8 Å². The summed E-state index contributed by atoms with van der Waals surface area (Å²) in [7, 11) is 1.64. The molecule has 0 atom stereocenters. The molecule has 0 spiro atoms.